The van der Waals surface area contributed by atoms with Crippen LogP contribution in [0.4, 0.5) is 0 Å². The summed E-state index contributed by atoms with van der Waals surface area (Å²) in [6.45, 7) is 7.43. The lowest BCUT2D eigenvalue weighted by molar-refractivity contribution is 0.104. The number of aliphatic hydroxyl groups is 1. The first-order chi connectivity index (χ1) is 7.95. The van der Waals surface area contributed by atoms with Gasteiger partial charge >= 0.3 is 0 Å². The Hall–Kier alpha value is -1.06. The molecule has 0 aromatic heterocycles. The second kappa shape index (κ2) is 6.03. The van der Waals surface area contributed by atoms with E-state index in [4.69, 9.17) is 9.84 Å². The summed E-state index contributed by atoms with van der Waals surface area (Å²) in [5, 5.41) is 18.4. The Morgan fingerprint density at radius 1 is 1.24 bits per heavy atom. The SMILES string of the molecule is CC(C)(C)c1cc(COCCCO)ccc1O. The molecule has 3 nitrogen and oxygen atoms in total. The van der Waals surface area contributed by atoms with Gasteiger partial charge in [-0.2, -0.15) is 0 Å². The maximum atomic E-state index is 9.81. The van der Waals surface area contributed by atoms with Crippen molar-refractivity contribution in [2.75, 3.05) is 13.2 Å². The molecular formula is C14H22O3. The fourth-order valence-corrected chi connectivity index (χ4v) is 1.63. The third kappa shape index (κ3) is 4.36. The number of aromatic hydroxyl groups is 1. The van der Waals surface area contributed by atoms with Crippen molar-refractivity contribution in [3.63, 3.8) is 0 Å². The summed E-state index contributed by atoms with van der Waals surface area (Å²) in [4.78, 5) is 0. The maximum absolute atomic E-state index is 9.81. The molecule has 1 rings (SSSR count). The van der Waals surface area contributed by atoms with Crippen LogP contribution in [0.1, 0.15) is 38.3 Å². The van der Waals surface area contributed by atoms with Gasteiger partial charge in [0.25, 0.3) is 0 Å². The Balaban J connectivity index is 2.69. The number of hydrogen-bond acceptors (Lipinski definition) is 3. The molecule has 0 aliphatic carbocycles. The molecule has 0 amide bonds. The first-order valence-corrected chi connectivity index (χ1v) is 5.96. The molecule has 0 aliphatic heterocycles. The van der Waals surface area contributed by atoms with Crippen LogP contribution in [-0.4, -0.2) is 23.4 Å². The summed E-state index contributed by atoms with van der Waals surface area (Å²) >= 11 is 0. The topological polar surface area (TPSA) is 49.7 Å². The quantitative estimate of drug-likeness (QED) is 0.775. The molecule has 0 unspecified atom stereocenters. The molecule has 0 saturated carbocycles. The number of benzene rings is 1. The Bertz CT molecular complexity index is 353. The van der Waals surface area contributed by atoms with E-state index in [1.807, 2.05) is 12.1 Å². The highest BCUT2D eigenvalue weighted by Crippen LogP contribution is 2.31. The van der Waals surface area contributed by atoms with Crippen LogP contribution >= 0.6 is 0 Å². The fourth-order valence-electron chi connectivity index (χ4n) is 1.63. The van der Waals surface area contributed by atoms with E-state index in [1.165, 1.54) is 0 Å². The van der Waals surface area contributed by atoms with Crippen LogP contribution in [0.3, 0.4) is 0 Å². The van der Waals surface area contributed by atoms with Crippen LogP contribution in [-0.2, 0) is 16.8 Å². The Labute approximate surface area is 103 Å². The summed E-state index contributed by atoms with van der Waals surface area (Å²) in [5.74, 6) is 0.330. The molecule has 17 heavy (non-hydrogen) atoms. The van der Waals surface area contributed by atoms with Crippen molar-refractivity contribution in [2.45, 2.75) is 39.2 Å². The average molecular weight is 238 g/mol. The fraction of sp³-hybridized carbons (Fsp3) is 0.571. The zero-order valence-electron chi connectivity index (χ0n) is 10.9. The van der Waals surface area contributed by atoms with Crippen molar-refractivity contribution in [3.8, 4) is 5.75 Å². The van der Waals surface area contributed by atoms with Gasteiger partial charge in [0.15, 0.2) is 0 Å². The second-order valence-electron chi connectivity index (χ2n) is 5.23. The summed E-state index contributed by atoms with van der Waals surface area (Å²) < 4.78 is 5.43. The molecule has 2 N–H and O–H groups in total. The van der Waals surface area contributed by atoms with Gasteiger partial charge in [-0.15, -0.1) is 0 Å². The van der Waals surface area contributed by atoms with Gasteiger partial charge in [-0.05, 0) is 35.1 Å². The first-order valence-electron chi connectivity index (χ1n) is 5.96. The third-order valence-electron chi connectivity index (χ3n) is 2.58. The van der Waals surface area contributed by atoms with Gasteiger partial charge in [0.2, 0.25) is 0 Å². The van der Waals surface area contributed by atoms with E-state index in [9.17, 15) is 5.11 Å². The Kier molecular flexibility index (Phi) is 4.97. The number of phenols is 1. The Morgan fingerprint density at radius 2 is 1.94 bits per heavy atom. The van der Waals surface area contributed by atoms with Gasteiger partial charge in [-0.25, -0.2) is 0 Å². The van der Waals surface area contributed by atoms with Gasteiger partial charge in [0.1, 0.15) is 5.75 Å². The van der Waals surface area contributed by atoms with Crippen molar-refractivity contribution >= 4 is 0 Å². The number of rotatable bonds is 5. The molecule has 0 heterocycles. The summed E-state index contributed by atoms with van der Waals surface area (Å²) in [6, 6.07) is 5.56. The minimum absolute atomic E-state index is 0.0782. The highest BCUT2D eigenvalue weighted by Gasteiger charge is 2.18. The van der Waals surface area contributed by atoms with Crippen molar-refractivity contribution in [3.05, 3.63) is 29.3 Å². The van der Waals surface area contributed by atoms with Crippen LogP contribution in [0.15, 0.2) is 18.2 Å². The van der Waals surface area contributed by atoms with E-state index in [1.54, 1.807) is 6.07 Å². The van der Waals surface area contributed by atoms with Crippen LogP contribution < -0.4 is 0 Å². The second-order valence-corrected chi connectivity index (χ2v) is 5.23. The Morgan fingerprint density at radius 3 is 2.53 bits per heavy atom. The predicted octanol–water partition coefficient (Wildman–Crippen LogP) is 2.59. The molecule has 0 fully saturated rings. The smallest absolute Gasteiger partial charge is 0.119 e. The lowest BCUT2D eigenvalue weighted by Gasteiger charge is -2.21. The van der Waals surface area contributed by atoms with Gasteiger partial charge in [0, 0.05) is 13.2 Å². The van der Waals surface area contributed by atoms with Crippen molar-refractivity contribution in [2.24, 2.45) is 0 Å². The van der Waals surface area contributed by atoms with E-state index in [2.05, 4.69) is 20.8 Å². The molecule has 0 bridgehead atoms. The maximum Gasteiger partial charge on any atom is 0.119 e. The molecule has 0 spiro atoms. The van der Waals surface area contributed by atoms with Crippen LogP contribution in [0.25, 0.3) is 0 Å². The zero-order valence-corrected chi connectivity index (χ0v) is 10.9. The number of phenolic OH excluding ortho intramolecular Hbond substituents is 1. The molecule has 1 aromatic rings. The molecule has 0 saturated heterocycles. The summed E-state index contributed by atoms with van der Waals surface area (Å²) in [5.41, 5.74) is 1.90. The molecule has 0 atom stereocenters. The largest absolute Gasteiger partial charge is 0.508 e. The molecule has 0 aliphatic rings. The molecule has 1 aromatic carbocycles. The van der Waals surface area contributed by atoms with Crippen LogP contribution in [0, 0.1) is 0 Å². The zero-order chi connectivity index (χ0) is 12.9. The average Bonchev–Trinajstić information content (AvgIpc) is 2.25. The highest BCUT2D eigenvalue weighted by atomic mass is 16.5. The molecule has 3 heteroatoms. The van der Waals surface area contributed by atoms with Gasteiger partial charge in [-0.3, -0.25) is 0 Å². The normalized spacial score (nSPS) is 11.8. The summed E-state index contributed by atoms with van der Waals surface area (Å²) in [6.07, 6.45) is 0.657. The van der Waals surface area contributed by atoms with Crippen molar-refractivity contribution < 1.29 is 14.9 Å². The van der Waals surface area contributed by atoms with Crippen LogP contribution in [0.5, 0.6) is 5.75 Å². The lowest BCUT2D eigenvalue weighted by atomic mass is 9.85. The molecular weight excluding hydrogens is 216 g/mol. The highest BCUT2D eigenvalue weighted by molar-refractivity contribution is 5.40. The van der Waals surface area contributed by atoms with Gasteiger partial charge in [0.05, 0.1) is 6.61 Å². The van der Waals surface area contributed by atoms with Crippen molar-refractivity contribution in [1.82, 2.24) is 0 Å². The van der Waals surface area contributed by atoms with Crippen LogP contribution in [0.2, 0.25) is 0 Å². The minimum Gasteiger partial charge on any atom is -0.508 e. The van der Waals surface area contributed by atoms with Crippen molar-refractivity contribution in [1.29, 1.82) is 0 Å². The van der Waals surface area contributed by atoms with Gasteiger partial charge < -0.3 is 14.9 Å². The molecule has 0 radical (unpaired) electrons. The predicted molar refractivity (Wildman–Crippen MR) is 68.2 cm³/mol. The number of hydrogen-bond donors (Lipinski definition) is 2. The first kappa shape index (κ1) is 14.0. The number of ether oxygens (including phenoxy) is 1. The third-order valence-corrected chi connectivity index (χ3v) is 2.58. The lowest BCUT2D eigenvalue weighted by Crippen LogP contribution is -2.12. The number of aliphatic hydroxyl groups excluding tert-OH is 1. The monoisotopic (exact) mass is 238 g/mol. The molecule has 96 valence electrons. The van der Waals surface area contributed by atoms with E-state index in [0.717, 1.165) is 11.1 Å². The van der Waals surface area contributed by atoms with Gasteiger partial charge in [-0.1, -0.05) is 26.8 Å². The minimum atomic E-state index is -0.0782. The van der Waals surface area contributed by atoms with E-state index >= 15 is 0 Å². The standard InChI is InChI=1S/C14H22O3/c1-14(2,3)12-9-11(5-6-13(12)16)10-17-8-4-7-15/h5-6,9,15-16H,4,7-8,10H2,1-3H3. The van der Waals surface area contributed by atoms with E-state index in [-0.39, 0.29) is 12.0 Å². The van der Waals surface area contributed by atoms with E-state index < -0.39 is 0 Å². The van der Waals surface area contributed by atoms with E-state index in [0.29, 0.717) is 25.4 Å². The summed E-state index contributed by atoms with van der Waals surface area (Å²) in [7, 11) is 0.